The van der Waals surface area contributed by atoms with Crippen LogP contribution < -0.4 is 15.5 Å². The summed E-state index contributed by atoms with van der Waals surface area (Å²) in [6.07, 6.45) is 5.69. The minimum atomic E-state index is 0.582. The van der Waals surface area contributed by atoms with Crippen molar-refractivity contribution in [3.8, 4) is 0 Å². The molecule has 144 valence electrons. The van der Waals surface area contributed by atoms with Gasteiger partial charge in [0, 0.05) is 36.3 Å². The summed E-state index contributed by atoms with van der Waals surface area (Å²) in [6, 6.07) is 16.7. The molecule has 1 aliphatic rings. The van der Waals surface area contributed by atoms with Crippen molar-refractivity contribution < 1.29 is 0 Å². The molecule has 1 aromatic heterocycles. The number of hydrogen-bond donors (Lipinski definition) is 2. The first-order chi connectivity index (χ1) is 13.7. The van der Waals surface area contributed by atoms with E-state index in [1.165, 1.54) is 36.1 Å². The molecule has 0 amide bonds. The van der Waals surface area contributed by atoms with Gasteiger partial charge in [0.1, 0.15) is 5.82 Å². The van der Waals surface area contributed by atoms with Gasteiger partial charge in [-0.25, -0.2) is 4.98 Å². The lowest BCUT2D eigenvalue weighted by Gasteiger charge is -2.28. The predicted molar refractivity (Wildman–Crippen MR) is 117 cm³/mol. The van der Waals surface area contributed by atoms with Crippen LogP contribution in [0.5, 0.6) is 0 Å². The monoisotopic (exact) mass is 373 g/mol. The van der Waals surface area contributed by atoms with Crippen molar-refractivity contribution in [3.05, 3.63) is 65.9 Å². The molecule has 0 radical (unpaired) electrons. The minimum Gasteiger partial charge on any atom is -0.372 e. The topological polar surface area (TPSA) is 53.1 Å². The van der Waals surface area contributed by atoms with E-state index in [1.54, 1.807) is 6.20 Å². The number of rotatable bonds is 5. The molecule has 0 unspecified atom stereocenters. The minimum absolute atomic E-state index is 0.582. The molecule has 28 heavy (non-hydrogen) atoms. The van der Waals surface area contributed by atoms with Crippen molar-refractivity contribution >= 4 is 28.8 Å². The zero-order chi connectivity index (χ0) is 19.3. The van der Waals surface area contributed by atoms with Crippen molar-refractivity contribution in [2.24, 2.45) is 0 Å². The molecular weight excluding hydrogens is 346 g/mol. The second kappa shape index (κ2) is 8.30. The lowest BCUT2D eigenvalue weighted by atomic mass is 10.1. The summed E-state index contributed by atoms with van der Waals surface area (Å²) in [6.45, 7) is 6.53. The average Bonchev–Trinajstić information content (AvgIpc) is 2.72. The largest absolute Gasteiger partial charge is 0.372 e. The van der Waals surface area contributed by atoms with E-state index >= 15 is 0 Å². The van der Waals surface area contributed by atoms with Gasteiger partial charge in [-0.15, -0.1) is 0 Å². The molecule has 2 heterocycles. The molecule has 4 rings (SSSR count). The number of nitrogens with zero attached hydrogens (tertiary/aromatic N) is 3. The van der Waals surface area contributed by atoms with Crippen LogP contribution in [0.15, 0.2) is 54.7 Å². The Balaban J connectivity index is 1.43. The lowest BCUT2D eigenvalue weighted by molar-refractivity contribution is 0.578. The second-order valence-corrected chi connectivity index (χ2v) is 7.41. The van der Waals surface area contributed by atoms with Gasteiger partial charge in [-0.1, -0.05) is 6.07 Å². The fourth-order valence-electron chi connectivity index (χ4n) is 3.49. The van der Waals surface area contributed by atoms with Crippen molar-refractivity contribution in [3.63, 3.8) is 0 Å². The molecule has 3 aromatic rings. The summed E-state index contributed by atoms with van der Waals surface area (Å²) in [5, 5.41) is 6.65. The van der Waals surface area contributed by atoms with Crippen LogP contribution in [0.2, 0.25) is 0 Å². The Bertz CT molecular complexity index is 930. The molecule has 1 saturated heterocycles. The molecule has 2 aromatic carbocycles. The fraction of sp³-hybridized carbons (Fsp3) is 0.304. The van der Waals surface area contributed by atoms with Crippen molar-refractivity contribution in [1.82, 2.24) is 9.97 Å². The number of nitrogens with one attached hydrogen (secondary N) is 2. The van der Waals surface area contributed by atoms with E-state index < -0.39 is 0 Å². The van der Waals surface area contributed by atoms with Crippen LogP contribution in [0.25, 0.3) is 0 Å². The molecule has 0 bridgehead atoms. The van der Waals surface area contributed by atoms with Crippen LogP contribution in [-0.4, -0.2) is 23.1 Å². The first-order valence-corrected chi connectivity index (χ1v) is 9.97. The summed E-state index contributed by atoms with van der Waals surface area (Å²) in [4.78, 5) is 11.4. The summed E-state index contributed by atoms with van der Waals surface area (Å²) in [5.74, 6) is 1.35. The Labute approximate surface area is 166 Å². The quantitative estimate of drug-likeness (QED) is 0.612. The van der Waals surface area contributed by atoms with E-state index in [4.69, 9.17) is 0 Å². The molecule has 1 aliphatic heterocycles. The number of piperidine rings is 1. The molecule has 5 heteroatoms. The highest BCUT2D eigenvalue weighted by Gasteiger charge is 2.10. The molecule has 1 fully saturated rings. The van der Waals surface area contributed by atoms with Gasteiger partial charge in [0.15, 0.2) is 0 Å². The highest BCUT2D eigenvalue weighted by Crippen LogP contribution is 2.24. The van der Waals surface area contributed by atoms with Gasteiger partial charge in [-0.2, -0.15) is 4.98 Å². The number of anilines is 5. The summed E-state index contributed by atoms with van der Waals surface area (Å²) < 4.78 is 0. The average molecular weight is 374 g/mol. The second-order valence-electron chi connectivity index (χ2n) is 7.41. The SMILES string of the molecule is Cc1ccc(Nc2nccc(Nc3ccc(N4CCCCC4)cc3)n2)cc1C. The Morgan fingerprint density at radius 2 is 1.54 bits per heavy atom. The molecule has 5 nitrogen and oxygen atoms in total. The van der Waals surface area contributed by atoms with Gasteiger partial charge in [0.25, 0.3) is 0 Å². The number of hydrogen-bond acceptors (Lipinski definition) is 5. The van der Waals surface area contributed by atoms with Crippen LogP contribution in [0.3, 0.4) is 0 Å². The maximum atomic E-state index is 4.58. The zero-order valence-electron chi connectivity index (χ0n) is 16.6. The van der Waals surface area contributed by atoms with Gasteiger partial charge in [0.2, 0.25) is 5.95 Å². The maximum absolute atomic E-state index is 4.58. The normalized spacial score (nSPS) is 14.0. The predicted octanol–water partition coefficient (Wildman–Crippen LogP) is 5.57. The Kier molecular flexibility index (Phi) is 5.42. The first-order valence-electron chi connectivity index (χ1n) is 9.97. The standard InChI is InChI=1S/C23H27N5/c1-17-6-7-20(16-18(17)2)26-23-24-13-12-22(27-23)25-19-8-10-21(11-9-19)28-14-4-3-5-15-28/h6-13,16H,3-5,14-15H2,1-2H3,(H2,24,25,26,27). The van der Waals surface area contributed by atoms with Gasteiger partial charge in [-0.05, 0) is 86.7 Å². The fourth-order valence-corrected chi connectivity index (χ4v) is 3.49. The number of aromatic nitrogens is 2. The van der Waals surface area contributed by atoms with E-state index in [1.807, 2.05) is 12.1 Å². The Morgan fingerprint density at radius 1 is 0.786 bits per heavy atom. The van der Waals surface area contributed by atoms with Crippen molar-refractivity contribution in [2.45, 2.75) is 33.1 Å². The van der Waals surface area contributed by atoms with Gasteiger partial charge in [0.05, 0.1) is 0 Å². The summed E-state index contributed by atoms with van der Waals surface area (Å²) in [7, 11) is 0. The number of benzene rings is 2. The molecule has 0 spiro atoms. The Morgan fingerprint density at radius 3 is 2.29 bits per heavy atom. The van der Waals surface area contributed by atoms with Crippen molar-refractivity contribution in [1.29, 1.82) is 0 Å². The van der Waals surface area contributed by atoms with E-state index in [2.05, 4.69) is 75.7 Å². The molecule has 2 N–H and O–H groups in total. The Hall–Kier alpha value is -3.08. The molecule has 0 aliphatic carbocycles. The summed E-state index contributed by atoms with van der Waals surface area (Å²) >= 11 is 0. The third kappa shape index (κ3) is 4.42. The van der Waals surface area contributed by atoms with Gasteiger partial charge < -0.3 is 15.5 Å². The highest BCUT2D eigenvalue weighted by molar-refractivity contribution is 5.62. The third-order valence-electron chi connectivity index (χ3n) is 5.28. The molecule has 0 saturated carbocycles. The lowest BCUT2D eigenvalue weighted by Crippen LogP contribution is -2.29. The highest BCUT2D eigenvalue weighted by atomic mass is 15.1. The number of aryl methyl sites for hydroxylation is 2. The maximum Gasteiger partial charge on any atom is 0.229 e. The van der Waals surface area contributed by atoms with E-state index in [0.29, 0.717) is 5.95 Å². The van der Waals surface area contributed by atoms with Gasteiger partial charge in [-0.3, -0.25) is 0 Å². The van der Waals surface area contributed by atoms with Crippen LogP contribution in [0.4, 0.5) is 28.8 Å². The van der Waals surface area contributed by atoms with Crippen LogP contribution in [0.1, 0.15) is 30.4 Å². The van der Waals surface area contributed by atoms with Crippen LogP contribution >= 0.6 is 0 Å². The van der Waals surface area contributed by atoms with Gasteiger partial charge >= 0.3 is 0 Å². The first kappa shape index (κ1) is 18.3. The smallest absolute Gasteiger partial charge is 0.229 e. The molecular formula is C23H27N5. The van der Waals surface area contributed by atoms with E-state index in [9.17, 15) is 0 Å². The van der Waals surface area contributed by atoms with Crippen LogP contribution in [-0.2, 0) is 0 Å². The van der Waals surface area contributed by atoms with Crippen LogP contribution in [0, 0.1) is 13.8 Å². The molecule has 0 atom stereocenters. The van der Waals surface area contributed by atoms with E-state index in [-0.39, 0.29) is 0 Å². The van der Waals surface area contributed by atoms with Crippen molar-refractivity contribution in [2.75, 3.05) is 28.6 Å². The van der Waals surface area contributed by atoms with E-state index in [0.717, 1.165) is 30.3 Å². The summed E-state index contributed by atoms with van der Waals surface area (Å²) in [5.41, 5.74) is 5.83. The zero-order valence-corrected chi connectivity index (χ0v) is 16.6. The third-order valence-corrected chi connectivity index (χ3v) is 5.28.